The molecule has 1 atom stereocenters. The van der Waals surface area contributed by atoms with Gasteiger partial charge in [-0.05, 0) is 54.1 Å². The van der Waals surface area contributed by atoms with Gasteiger partial charge in [-0.25, -0.2) is 19.2 Å². The monoisotopic (exact) mass is 412 g/mol. The highest BCUT2D eigenvalue weighted by Gasteiger charge is 2.33. The molecule has 0 fully saturated rings. The van der Waals surface area contributed by atoms with E-state index in [1.807, 2.05) is 0 Å². The van der Waals surface area contributed by atoms with Gasteiger partial charge in [0, 0.05) is 10.7 Å². The van der Waals surface area contributed by atoms with Crippen molar-refractivity contribution in [1.82, 2.24) is 9.99 Å². The molecule has 146 valence electrons. The van der Waals surface area contributed by atoms with Crippen molar-refractivity contribution in [1.29, 1.82) is 0 Å². The number of aromatic nitrogens is 1. The van der Waals surface area contributed by atoms with E-state index in [0.29, 0.717) is 27.7 Å². The molecule has 1 aromatic heterocycles. The smallest absolute Gasteiger partial charge is 0.306 e. The molecule has 0 aliphatic carbocycles. The molecule has 0 saturated carbocycles. The average molecular weight is 413 g/mol. The van der Waals surface area contributed by atoms with Crippen LogP contribution in [0.5, 0.6) is 0 Å². The summed E-state index contributed by atoms with van der Waals surface area (Å²) in [6, 6.07) is 16.4. The number of carbonyl (C=O) groups is 1. The number of halogens is 3. The average Bonchev–Trinajstić information content (AvgIpc) is 3.16. The van der Waals surface area contributed by atoms with Crippen LogP contribution in [-0.4, -0.2) is 28.3 Å². The predicted octanol–water partition coefficient (Wildman–Crippen LogP) is 5.05. The Hall–Kier alpha value is -3.32. The fourth-order valence-electron chi connectivity index (χ4n) is 3.08. The maximum Gasteiger partial charge on any atom is 0.342 e. The fourth-order valence-corrected chi connectivity index (χ4v) is 3.21. The molecular weight excluding hydrogens is 398 g/mol. The van der Waals surface area contributed by atoms with E-state index in [1.165, 1.54) is 23.2 Å². The Labute approximate surface area is 170 Å². The van der Waals surface area contributed by atoms with Crippen LogP contribution in [0.3, 0.4) is 0 Å². The summed E-state index contributed by atoms with van der Waals surface area (Å²) in [4.78, 5) is 16.6. The van der Waals surface area contributed by atoms with Gasteiger partial charge in [0.1, 0.15) is 5.82 Å². The van der Waals surface area contributed by atoms with Crippen LogP contribution >= 0.6 is 11.6 Å². The van der Waals surface area contributed by atoms with Crippen molar-refractivity contribution < 1.29 is 13.6 Å². The molecule has 5 nitrogen and oxygen atoms in total. The van der Waals surface area contributed by atoms with Gasteiger partial charge in [0.25, 0.3) is 0 Å². The first-order chi connectivity index (χ1) is 14.0. The molecule has 2 aromatic carbocycles. The lowest BCUT2D eigenvalue weighted by atomic mass is 9.94. The Bertz CT molecular complexity index is 1070. The highest BCUT2D eigenvalue weighted by Crippen LogP contribution is 2.28. The normalized spacial score (nSPS) is 15.9. The van der Waals surface area contributed by atoms with E-state index in [4.69, 9.17) is 11.6 Å². The molecule has 1 N–H and O–H groups in total. The van der Waals surface area contributed by atoms with Gasteiger partial charge in [-0.2, -0.15) is 9.49 Å². The number of anilines is 1. The first-order valence-corrected chi connectivity index (χ1v) is 9.18. The van der Waals surface area contributed by atoms with E-state index in [-0.39, 0.29) is 12.4 Å². The molecule has 1 aliphatic rings. The molecule has 1 aliphatic heterocycles. The largest absolute Gasteiger partial charge is 0.342 e. The summed E-state index contributed by atoms with van der Waals surface area (Å²) in [6.07, 6.45) is 0. The Morgan fingerprint density at radius 1 is 1.03 bits per heavy atom. The highest BCUT2D eigenvalue weighted by molar-refractivity contribution is 6.30. The maximum absolute atomic E-state index is 13.7. The second kappa shape index (κ2) is 7.97. The quantitative estimate of drug-likeness (QED) is 0.612. The standard InChI is InChI=1S/C21H15ClF2N4O/c22-14-6-10-16(11-7-14)25-21(29)28-12-17(18-2-1-3-19(24)26-18)20(27-28)13-4-8-15(23)9-5-13/h1-11,17H,12H2,(H,25,29). The Morgan fingerprint density at radius 2 is 1.76 bits per heavy atom. The van der Waals surface area contributed by atoms with E-state index < -0.39 is 17.9 Å². The third-order valence-electron chi connectivity index (χ3n) is 4.48. The van der Waals surface area contributed by atoms with E-state index in [1.54, 1.807) is 48.5 Å². The van der Waals surface area contributed by atoms with Gasteiger partial charge in [-0.3, -0.25) is 0 Å². The van der Waals surface area contributed by atoms with E-state index in [0.717, 1.165) is 0 Å². The molecule has 2 amide bonds. The molecule has 8 heteroatoms. The number of amides is 2. The van der Waals surface area contributed by atoms with Crippen molar-refractivity contribution >= 4 is 29.0 Å². The number of nitrogens with zero attached hydrogens (tertiary/aromatic N) is 3. The van der Waals surface area contributed by atoms with Gasteiger partial charge in [-0.15, -0.1) is 0 Å². The third-order valence-corrected chi connectivity index (χ3v) is 4.73. The first kappa shape index (κ1) is 19.0. The van der Waals surface area contributed by atoms with E-state index in [2.05, 4.69) is 15.4 Å². The Balaban J connectivity index is 1.64. The number of hydrogen-bond donors (Lipinski definition) is 1. The van der Waals surface area contributed by atoms with Gasteiger partial charge < -0.3 is 5.32 Å². The first-order valence-electron chi connectivity index (χ1n) is 8.80. The van der Waals surface area contributed by atoms with Crippen LogP contribution in [0.2, 0.25) is 5.02 Å². The summed E-state index contributed by atoms with van der Waals surface area (Å²) < 4.78 is 27.0. The molecule has 0 bridgehead atoms. The molecular formula is C21H15ClF2N4O. The lowest BCUT2D eigenvalue weighted by molar-refractivity contribution is 0.218. The lowest BCUT2D eigenvalue weighted by Crippen LogP contribution is -2.30. The van der Waals surface area contributed by atoms with Crippen molar-refractivity contribution in [3.8, 4) is 0 Å². The summed E-state index contributed by atoms with van der Waals surface area (Å²) in [6.45, 7) is 0.169. The van der Waals surface area contributed by atoms with Crippen LogP contribution in [-0.2, 0) is 0 Å². The maximum atomic E-state index is 13.7. The van der Waals surface area contributed by atoms with Crippen molar-refractivity contribution in [2.75, 3.05) is 11.9 Å². The molecule has 4 rings (SSSR count). The second-order valence-corrected chi connectivity index (χ2v) is 6.89. The van der Waals surface area contributed by atoms with Gasteiger partial charge in [0.15, 0.2) is 0 Å². The number of nitrogens with one attached hydrogen (secondary N) is 1. The minimum atomic E-state index is -0.620. The highest BCUT2D eigenvalue weighted by atomic mass is 35.5. The van der Waals surface area contributed by atoms with Gasteiger partial charge in [-0.1, -0.05) is 29.8 Å². The number of pyridine rings is 1. The Kier molecular flexibility index (Phi) is 5.22. The molecule has 0 radical (unpaired) electrons. The minimum Gasteiger partial charge on any atom is -0.306 e. The van der Waals surface area contributed by atoms with Crippen LogP contribution in [0.4, 0.5) is 19.3 Å². The van der Waals surface area contributed by atoms with Gasteiger partial charge in [0.05, 0.1) is 23.9 Å². The van der Waals surface area contributed by atoms with E-state index in [9.17, 15) is 13.6 Å². The summed E-state index contributed by atoms with van der Waals surface area (Å²) in [5, 5.41) is 8.97. The van der Waals surface area contributed by atoms with Crippen molar-refractivity contribution in [3.63, 3.8) is 0 Å². The zero-order valence-electron chi connectivity index (χ0n) is 15.0. The molecule has 0 saturated heterocycles. The van der Waals surface area contributed by atoms with Gasteiger partial charge >= 0.3 is 6.03 Å². The number of rotatable bonds is 3. The lowest BCUT2D eigenvalue weighted by Gasteiger charge is -2.15. The summed E-state index contributed by atoms with van der Waals surface area (Å²) in [7, 11) is 0. The fraction of sp³-hybridized carbons (Fsp3) is 0.0952. The zero-order chi connectivity index (χ0) is 20.4. The summed E-state index contributed by atoms with van der Waals surface area (Å²) in [5.41, 5.74) is 2.14. The van der Waals surface area contributed by atoms with Crippen LogP contribution in [0, 0.1) is 11.8 Å². The third kappa shape index (κ3) is 4.25. The number of urea groups is 1. The van der Waals surface area contributed by atoms with Crippen molar-refractivity contribution in [3.05, 3.63) is 94.8 Å². The second-order valence-electron chi connectivity index (χ2n) is 6.45. The molecule has 0 spiro atoms. The van der Waals surface area contributed by atoms with Gasteiger partial charge in [0.2, 0.25) is 5.95 Å². The number of hydrazone groups is 1. The summed E-state index contributed by atoms with van der Waals surface area (Å²) in [5.74, 6) is -1.46. The van der Waals surface area contributed by atoms with Crippen LogP contribution in [0.1, 0.15) is 17.2 Å². The number of benzene rings is 2. The zero-order valence-corrected chi connectivity index (χ0v) is 15.8. The van der Waals surface area contributed by atoms with Crippen LogP contribution < -0.4 is 5.32 Å². The van der Waals surface area contributed by atoms with Crippen LogP contribution in [0.15, 0.2) is 71.8 Å². The number of hydrogen-bond acceptors (Lipinski definition) is 3. The molecule has 3 aromatic rings. The van der Waals surface area contributed by atoms with Crippen LogP contribution in [0.25, 0.3) is 0 Å². The van der Waals surface area contributed by atoms with Crippen molar-refractivity contribution in [2.24, 2.45) is 5.10 Å². The summed E-state index contributed by atoms with van der Waals surface area (Å²) >= 11 is 5.86. The topological polar surface area (TPSA) is 57.6 Å². The molecule has 1 unspecified atom stereocenters. The predicted molar refractivity (Wildman–Crippen MR) is 107 cm³/mol. The van der Waals surface area contributed by atoms with E-state index >= 15 is 0 Å². The molecule has 2 heterocycles. The number of carbonyl (C=O) groups excluding carboxylic acids is 1. The SMILES string of the molecule is O=C(Nc1ccc(Cl)cc1)N1CC(c2cccc(F)n2)C(c2ccc(F)cc2)=N1. The minimum absolute atomic E-state index is 0.169. The Morgan fingerprint density at radius 3 is 2.45 bits per heavy atom. The molecule has 29 heavy (non-hydrogen) atoms. The van der Waals surface area contributed by atoms with Crippen molar-refractivity contribution in [2.45, 2.75) is 5.92 Å².